The van der Waals surface area contributed by atoms with Crippen LogP contribution in [0.25, 0.3) is 0 Å². The van der Waals surface area contributed by atoms with Crippen molar-refractivity contribution in [3.8, 4) is 0 Å². The first-order valence-electron chi connectivity index (χ1n) is 7.26. The maximum Gasteiger partial charge on any atom is 0.255 e. The van der Waals surface area contributed by atoms with Crippen molar-refractivity contribution < 1.29 is 18.4 Å². The third kappa shape index (κ3) is 3.77. The molecule has 122 valence electrons. The zero-order chi connectivity index (χ0) is 17.0. The molecule has 1 heterocycles. The van der Waals surface area contributed by atoms with Gasteiger partial charge in [-0.1, -0.05) is 18.2 Å². The summed E-state index contributed by atoms with van der Waals surface area (Å²) in [4.78, 5) is 25.8. The molecule has 0 fully saturated rings. The minimum atomic E-state index is -0.739. The summed E-state index contributed by atoms with van der Waals surface area (Å²) in [5.74, 6) is -1.07. The highest BCUT2D eigenvalue weighted by Gasteiger charge is 2.25. The number of benzene rings is 1. The van der Waals surface area contributed by atoms with Gasteiger partial charge in [-0.25, -0.2) is 4.39 Å². The molecule has 2 aromatic rings. The number of nitrogens with one attached hydrogen (secondary N) is 1. The molecule has 0 saturated carbocycles. The van der Waals surface area contributed by atoms with Gasteiger partial charge in [0.15, 0.2) is 0 Å². The monoisotopic (exact) mass is 318 g/mol. The first-order chi connectivity index (χ1) is 10.9. The van der Waals surface area contributed by atoms with Crippen LogP contribution in [-0.4, -0.2) is 29.8 Å². The molecule has 0 aliphatic carbocycles. The zero-order valence-corrected chi connectivity index (χ0v) is 13.2. The highest BCUT2D eigenvalue weighted by atomic mass is 19.1. The fourth-order valence-corrected chi connectivity index (χ4v) is 2.25. The molecule has 0 bridgehead atoms. The Balaban J connectivity index is 2.04. The van der Waals surface area contributed by atoms with Crippen molar-refractivity contribution >= 4 is 11.8 Å². The van der Waals surface area contributed by atoms with E-state index in [-0.39, 0.29) is 11.7 Å². The van der Waals surface area contributed by atoms with Crippen LogP contribution in [0.15, 0.2) is 47.3 Å². The van der Waals surface area contributed by atoms with Crippen molar-refractivity contribution in [1.29, 1.82) is 0 Å². The fraction of sp³-hybridized carbons (Fsp3) is 0.294. The Hall–Kier alpha value is -2.63. The first-order valence-corrected chi connectivity index (χ1v) is 7.26. The van der Waals surface area contributed by atoms with E-state index in [1.165, 1.54) is 29.6 Å². The summed E-state index contributed by atoms with van der Waals surface area (Å²) in [5.41, 5.74) is 0.770. The van der Waals surface area contributed by atoms with Crippen LogP contribution in [0.1, 0.15) is 35.8 Å². The second-order valence-corrected chi connectivity index (χ2v) is 5.35. The second kappa shape index (κ2) is 7.09. The molecule has 23 heavy (non-hydrogen) atoms. The molecule has 2 amide bonds. The van der Waals surface area contributed by atoms with Crippen molar-refractivity contribution in [1.82, 2.24) is 10.2 Å². The van der Waals surface area contributed by atoms with E-state index in [2.05, 4.69) is 5.32 Å². The van der Waals surface area contributed by atoms with Gasteiger partial charge in [0.05, 0.1) is 17.9 Å². The van der Waals surface area contributed by atoms with Gasteiger partial charge in [-0.15, -0.1) is 0 Å². The van der Waals surface area contributed by atoms with E-state index in [1.807, 2.05) is 0 Å². The van der Waals surface area contributed by atoms with Crippen molar-refractivity contribution in [2.75, 3.05) is 7.05 Å². The fourth-order valence-electron chi connectivity index (χ4n) is 2.25. The highest BCUT2D eigenvalue weighted by molar-refractivity contribution is 5.97. The van der Waals surface area contributed by atoms with Gasteiger partial charge >= 0.3 is 0 Å². The maximum atomic E-state index is 13.8. The Kier molecular flexibility index (Phi) is 5.16. The number of nitrogens with zero attached hydrogens (tertiary/aromatic N) is 1. The molecule has 2 atom stereocenters. The Morgan fingerprint density at radius 2 is 1.91 bits per heavy atom. The molecule has 6 heteroatoms. The standard InChI is InChI=1S/C17H19FN2O3/c1-11(19-16(21)13-8-9-23-10-13)17(22)20(3)12(2)14-6-4-5-7-15(14)18/h4-12H,1-3H3,(H,19,21). The third-order valence-electron chi connectivity index (χ3n) is 3.79. The smallest absolute Gasteiger partial charge is 0.255 e. The van der Waals surface area contributed by atoms with Crippen LogP contribution in [0.4, 0.5) is 4.39 Å². The third-order valence-corrected chi connectivity index (χ3v) is 3.79. The molecule has 0 aliphatic rings. The second-order valence-electron chi connectivity index (χ2n) is 5.35. The molecular formula is C17H19FN2O3. The zero-order valence-electron chi connectivity index (χ0n) is 13.2. The van der Waals surface area contributed by atoms with Gasteiger partial charge in [0, 0.05) is 12.6 Å². The van der Waals surface area contributed by atoms with Gasteiger partial charge in [-0.3, -0.25) is 9.59 Å². The molecule has 0 saturated heterocycles. The van der Waals surface area contributed by atoms with E-state index in [0.29, 0.717) is 11.1 Å². The lowest BCUT2D eigenvalue weighted by molar-refractivity contribution is -0.133. The van der Waals surface area contributed by atoms with Gasteiger partial charge in [0.25, 0.3) is 5.91 Å². The SMILES string of the molecule is CC(NC(=O)c1ccoc1)C(=O)N(C)C(C)c1ccccc1F. The molecule has 1 aromatic heterocycles. The van der Waals surface area contributed by atoms with E-state index in [4.69, 9.17) is 4.42 Å². The topological polar surface area (TPSA) is 62.6 Å². The molecule has 1 aromatic carbocycles. The first kappa shape index (κ1) is 16.7. The Morgan fingerprint density at radius 3 is 2.52 bits per heavy atom. The molecule has 0 spiro atoms. The lowest BCUT2D eigenvalue weighted by Gasteiger charge is -2.28. The lowest BCUT2D eigenvalue weighted by atomic mass is 10.1. The number of rotatable bonds is 5. The van der Waals surface area contributed by atoms with Crippen LogP contribution < -0.4 is 5.32 Å². The van der Waals surface area contributed by atoms with Crippen molar-refractivity contribution in [3.63, 3.8) is 0 Å². The van der Waals surface area contributed by atoms with Gasteiger partial charge in [0.1, 0.15) is 18.1 Å². The van der Waals surface area contributed by atoms with Gasteiger partial charge in [0.2, 0.25) is 5.91 Å². The average molecular weight is 318 g/mol. The van der Waals surface area contributed by atoms with Gasteiger partial charge in [-0.2, -0.15) is 0 Å². The van der Waals surface area contributed by atoms with Crippen molar-refractivity contribution in [2.24, 2.45) is 0 Å². The predicted octanol–water partition coefficient (Wildman–Crippen LogP) is 2.76. The molecular weight excluding hydrogens is 299 g/mol. The number of hydrogen-bond donors (Lipinski definition) is 1. The van der Waals surface area contributed by atoms with E-state index in [0.717, 1.165) is 0 Å². The number of furan rings is 1. The molecule has 2 rings (SSSR count). The summed E-state index contributed by atoms with van der Waals surface area (Å²) < 4.78 is 18.7. The van der Waals surface area contributed by atoms with E-state index < -0.39 is 18.0 Å². The van der Waals surface area contributed by atoms with Crippen LogP contribution in [0.3, 0.4) is 0 Å². The van der Waals surface area contributed by atoms with Crippen LogP contribution in [0.2, 0.25) is 0 Å². The van der Waals surface area contributed by atoms with E-state index in [1.54, 1.807) is 39.1 Å². The predicted molar refractivity (Wildman–Crippen MR) is 83.2 cm³/mol. The molecule has 0 aliphatic heterocycles. The average Bonchev–Trinajstić information content (AvgIpc) is 3.07. The normalized spacial score (nSPS) is 13.2. The summed E-state index contributed by atoms with van der Waals surface area (Å²) in [6, 6.07) is 6.64. The largest absolute Gasteiger partial charge is 0.472 e. The number of halogens is 1. The molecule has 0 radical (unpaired) electrons. The number of carbonyl (C=O) groups is 2. The van der Waals surface area contributed by atoms with Crippen LogP contribution in [-0.2, 0) is 4.79 Å². The minimum Gasteiger partial charge on any atom is -0.472 e. The summed E-state index contributed by atoms with van der Waals surface area (Å²) >= 11 is 0. The van der Waals surface area contributed by atoms with E-state index >= 15 is 0 Å². The lowest BCUT2D eigenvalue weighted by Crippen LogP contribution is -2.46. The summed E-state index contributed by atoms with van der Waals surface area (Å²) in [5, 5.41) is 2.60. The van der Waals surface area contributed by atoms with E-state index in [9.17, 15) is 14.0 Å². The summed E-state index contributed by atoms with van der Waals surface area (Å²) in [7, 11) is 1.58. The van der Waals surface area contributed by atoms with Gasteiger partial charge in [-0.05, 0) is 26.0 Å². The van der Waals surface area contributed by atoms with Crippen molar-refractivity contribution in [3.05, 3.63) is 59.8 Å². The maximum absolute atomic E-state index is 13.8. The molecule has 2 unspecified atom stereocenters. The Labute approximate surface area is 134 Å². The number of amides is 2. The number of carbonyl (C=O) groups excluding carboxylic acids is 2. The summed E-state index contributed by atoms with van der Waals surface area (Å²) in [6.45, 7) is 3.33. The number of hydrogen-bond acceptors (Lipinski definition) is 3. The molecule has 1 N–H and O–H groups in total. The van der Waals surface area contributed by atoms with Gasteiger partial charge < -0.3 is 14.6 Å². The Bertz CT molecular complexity index is 685. The highest BCUT2D eigenvalue weighted by Crippen LogP contribution is 2.22. The molecule has 5 nitrogen and oxygen atoms in total. The minimum absolute atomic E-state index is 0.308. The summed E-state index contributed by atoms with van der Waals surface area (Å²) in [6.07, 6.45) is 2.69. The van der Waals surface area contributed by atoms with Crippen molar-refractivity contribution in [2.45, 2.75) is 25.9 Å². The van der Waals surface area contributed by atoms with Crippen LogP contribution in [0.5, 0.6) is 0 Å². The van der Waals surface area contributed by atoms with Crippen LogP contribution in [0, 0.1) is 5.82 Å². The van der Waals surface area contributed by atoms with Crippen LogP contribution >= 0.6 is 0 Å². The number of likely N-dealkylation sites (N-methyl/N-ethyl adjacent to an activating group) is 1. The Morgan fingerprint density at radius 1 is 1.22 bits per heavy atom. The quantitative estimate of drug-likeness (QED) is 0.922.